The molecule has 4 rings (SSSR count). The second-order valence-corrected chi connectivity index (χ2v) is 9.29. The van der Waals surface area contributed by atoms with E-state index in [9.17, 15) is 18.0 Å². The van der Waals surface area contributed by atoms with Gasteiger partial charge in [0.2, 0.25) is 0 Å². The Morgan fingerprint density at radius 3 is 2.51 bits per heavy atom. The lowest BCUT2D eigenvalue weighted by molar-refractivity contribution is -0.140. The van der Waals surface area contributed by atoms with Crippen molar-refractivity contribution >= 4 is 34.1 Å². The van der Waals surface area contributed by atoms with Crippen LogP contribution in [0.5, 0.6) is 0 Å². The number of nitriles is 1. The fraction of sp³-hybridized carbons (Fsp3) is 0.346. The van der Waals surface area contributed by atoms with E-state index in [1.54, 1.807) is 31.2 Å². The van der Waals surface area contributed by atoms with Crippen LogP contribution in [-0.4, -0.2) is 23.0 Å². The second-order valence-electron chi connectivity index (χ2n) is 8.86. The molecular weight excluding hydrogens is 477 g/mol. The Balaban J connectivity index is 1.42. The molecule has 1 unspecified atom stereocenters. The summed E-state index contributed by atoms with van der Waals surface area (Å²) in [6.07, 6.45) is -1.82. The number of carbonyl (C=O) groups excluding carboxylic acids is 1. The van der Waals surface area contributed by atoms with Crippen LogP contribution >= 0.6 is 11.6 Å². The van der Waals surface area contributed by atoms with Crippen LogP contribution in [0.1, 0.15) is 60.1 Å². The van der Waals surface area contributed by atoms with Crippen LogP contribution in [-0.2, 0) is 6.18 Å². The molecule has 1 aliphatic carbocycles. The number of nitrogens with zero attached hydrogens (tertiary/aromatic N) is 2. The number of benzene rings is 2. The molecule has 0 spiro atoms. The zero-order valence-electron chi connectivity index (χ0n) is 19.0. The van der Waals surface area contributed by atoms with Gasteiger partial charge in [-0.1, -0.05) is 23.7 Å². The number of halogens is 4. The van der Waals surface area contributed by atoms with E-state index >= 15 is 0 Å². The van der Waals surface area contributed by atoms with Crippen LogP contribution in [0, 0.1) is 11.3 Å². The highest BCUT2D eigenvalue weighted by molar-refractivity contribution is 6.31. The molecule has 1 saturated carbocycles. The maximum absolute atomic E-state index is 13.4. The third-order valence-corrected chi connectivity index (χ3v) is 6.56. The largest absolute Gasteiger partial charge is 0.433 e. The van der Waals surface area contributed by atoms with E-state index in [1.165, 1.54) is 12.1 Å². The summed E-state index contributed by atoms with van der Waals surface area (Å²) in [6.45, 7) is 1.78. The minimum Gasteiger partial charge on any atom is -0.382 e. The van der Waals surface area contributed by atoms with Crippen LogP contribution in [0.4, 0.5) is 18.9 Å². The number of nitrogens with one attached hydrogen (secondary N) is 2. The van der Waals surface area contributed by atoms with Gasteiger partial charge in [0.25, 0.3) is 5.91 Å². The van der Waals surface area contributed by atoms with Crippen molar-refractivity contribution in [3.8, 4) is 6.07 Å². The summed E-state index contributed by atoms with van der Waals surface area (Å²) in [5, 5.41) is 16.4. The van der Waals surface area contributed by atoms with Crippen molar-refractivity contribution < 1.29 is 18.0 Å². The molecule has 0 aliphatic heterocycles. The Hall–Kier alpha value is -3.31. The number of pyridine rings is 1. The normalized spacial score (nSPS) is 19.1. The smallest absolute Gasteiger partial charge is 0.382 e. The highest BCUT2D eigenvalue weighted by Crippen LogP contribution is 2.35. The van der Waals surface area contributed by atoms with Crippen LogP contribution in [0.15, 0.2) is 48.5 Å². The topological polar surface area (TPSA) is 77.8 Å². The van der Waals surface area contributed by atoms with Gasteiger partial charge in [-0.15, -0.1) is 0 Å². The molecule has 1 fully saturated rings. The predicted molar refractivity (Wildman–Crippen MR) is 129 cm³/mol. The minimum atomic E-state index is -4.56. The van der Waals surface area contributed by atoms with E-state index in [0.29, 0.717) is 47.3 Å². The van der Waals surface area contributed by atoms with Gasteiger partial charge < -0.3 is 10.6 Å². The van der Waals surface area contributed by atoms with Crippen molar-refractivity contribution in [3.63, 3.8) is 0 Å². The molecule has 1 atom stereocenters. The molecule has 1 aliphatic rings. The third-order valence-electron chi connectivity index (χ3n) is 6.33. The van der Waals surface area contributed by atoms with Gasteiger partial charge in [-0.3, -0.25) is 4.79 Å². The van der Waals surface area contributed by atoms with Gasteiger partial charge in [0.15, 0.2) is 0 Å². The van der Waals surface area contributed by atoms with E-state index in [1.807, 2.05) is 6.07 Å². The third kappa shape index (κ3) is 5.85. The van der Waals surface area contributed by atoms with E-state index < -0.39 is 11.9 Å². The summed E-state index contributed by atoms with van der Waals surface area (Å²) in [4.78, 5) is 16.5. The molecule has 35 heavy (non-hydrogen) atoms. The zero-order chi connectivity index (χ0) is 25.2. The molecule has 2 aromatic carbocycles. The van der Waals surface area contributed by atoms with E-state index in [2.05, 4.69) is 21.7 Å². The number of alkyl halides is 3. The quantitative estimate of drug-likeness (QED) is 0.409. The first kappa shape index (κ1) is 24.8. The standard InChI is InChI=1S/C26H24ClF3N4O/c1-15(14-31)16-3-2-4-17(11-16)25(35)33-20-8-6-19(7-9-20)32-23-13-24(26(28,29)30)34-22-10-5-18(27)12-21(22)23/h2-5,10-13,15,19-20H,6-9H2,1H3,(H,32,34)(H,33,35)/t15?,19-,20+. The molecule has 1 aromatic heterocycles. The first-order valence-electron chi connectivity index (χ1n) is 11.4. The molecule has 3 aromatic rings. The average molecular weight is 501 g/mol. The van der Waals surface area contributed by atoms with Gasteiger partial charge in [-0.25, -0.2) is 4.98 Å². The first-order chi connectivity index (χ1) is 16.6. The number of hydrogen-bond donors (Lipinski definition) is 2. The van der Waals surface area contributed by atoms with E-state index in [0.717, 1.165) is 11.6 Å². The fourth-order valence-corrected chi connectivity index (χ4v) is 4.53. The van der Waals surface area contributed by atoms with Crippen molar-refractivity contribution in [2.75, 3.05) is 5.32 Å². The maximum atomic E-state index is 13.4. The van der Waals surface area contributed by atoms with Crippen LogP contribution in [0.25, 0.3) is 10.9 Å². The number of fused-ring (bicyclic) bond motifs is 1. The molecule has 2 N–H and O–H groups in total. The second kappa shape index (κ2) is 10.1. The molecule has 0 radical (unpaired) electrons. The van der Waals surface area contributed by atoms with Crippen molar-refractivity contribution in [2.24, 2.45) is 0 Å². The Morgan fingerprint density at radius 2 is 1.83 bits per heavy atom. The summed E-state index contributed by atoms with van der Waals surface area (Å²) < 4.78 is 40.1. The van der Waals surface area contributed by atoms with Gasteiger partial charge in [-0.2, -0.15) is 18.4 Å². The summed E-state index contributed by atoms with van der Waals surface area (Å²) in [6, 6.07) is 14.8. The molecule has 182 valence electrons. The number of hydrogen-bond acceptors (Lipinski definition) is 4. The summed E-state index contributed by atoms with van der Waals surface area (Å²) in [7, 11) is 0. The Kier molecular flexibility index (Phi) is 7.18. The highest BCUT2D eigenvalue weighted by Gasteiger charge is 2.34. The van der Waals surface area contributed by atoms with Crippen molar-refractivity contribution in [1.29, 1.82) is 5.26 Å². The van der Waals surface area contributed by atoms with Gasteiger partial charge >= 0.3 is 6.18 Å². The van der Waals surface area contributed by atoms with Crippen LogP contribution < -0.4 is 10.6 Å². The molecule has 1 heterocycles. The molecule has 0 bridgehead atoms. The predicted octanol–water partition coefficient (Wildman–Crippen LogP) is 6.69. The van der Waals surface area contributed by atoms with Crippen molar-refractivity contribution in [2.45, 2.75) is 56.8 Å². The molecular formula is C26H24ClF3N4O. The first-order valence-corrected chi connectivity index (χ1v) is 11.8. The zero-order valence-corrected chi connectivity index (χ0v) is 19.7. The Morgan fingerprint density at radius 1 is 1.11 bits per heavy atom. The Labute approximate surface area is 206 Å². The SMILES string of the molecule is CC(C#N)c1cccc(C(=O)N[C@H]2CC[C@@H](Nc3cc(C(F)(F)F)nc4ccc(Cl)cc34)CC2)c1. The number of rotatable bonds is 5. The molecule has 1 amide bonds. The number of anilines is 1. The fourth-order valence-electron chi connectivity index (χ4n) is 4.36. The lowest BCUT2D eigenvalue weighted by Crippen LogP contribution is -2.40. The van der Waals surface area contributed by atoms with Gasteiger partial charge in [-0.05, 0) is 74.6 Å². The Bertz CT molecular complexity index is 1280. The van der Waals surface area contributed by atoms with Gasteiger partial charge in [0.1, 0.15) is 5.69 Å². The van der Waals surface area contributed by atoms with Crippen molar-refractivity contribution in [3.05, 3.63) is 70.4 Å². The van der Waals surface area contributed by atoms with Crippen LogP contribution in [0.3, 0.4) is 0 Å². The monoisotopic (exact) mass is 500 g/mol. The van der Waals surface area contributed by atoms with Crippen LogP contribution in [0.2, 0.25) is 5.02 Å². The average Bonchev–Trinajstić information content (AvgIpc) is 2.84. The van der Waals surface area contributed by atoms with E-state index in [-0.39, 0.29) is 29.4 Å². The lowest BCUT2D eigenvalue weighted by atomic mass is 9.90. The number of carbonyl (C=O) groups is 1. The summed E-state index contributed by atoms with van der Waals surface area (Å²) in [5.41, 5.74) is 0.908. The number of amides is 1. The van der Waals surface area contributed by atoms with Crippen molar-refractivity contribution in [1.82, 2.24) is 10.3 Å². The van der Waals surface area contributed by atoms with Gasteiger partial charge in [0.05, 0.1) is 17.5 Å². The molecule has 5 nitrogen and oxygen atoms in total. The summed E-state index contributed by atoms with van der Waals surface area (Å²) >= 11 is 6.08. The van der Waals surface area contributed by atoms with Gasteiger partial charge in [0, 0.05) is 33.7 Å². The minimum absolute atomic E-state index is 0.0352. The summed E-state index contributed by atoms with van der Waals surface area (Å²) in [5.74, 6) is -0.501. The van der Waals surface area contributed by atoms with E-state index in [4.69, 9.17) is 16.9 Å². The molecule has 9 heteroatoms. The maximum Gasteiger partial charge on any atom is 0.433 e. The lowest BCUT2D eigenvalue weighted by Gasteiger charge is -2.31. The highest BCUT2D eigenvalue weighted by atomic mass is 35.5. The molecule has 0 saturated heterocycles. The number of aromatic nitrogens is 1.